The maximum absolute atomic E-state index is 11.8. The van der Waals surface area contributed by atoms with E-state index in [1.54, 1.807) is 6.08 Å². The molecule has 2 rings (SSSR count). The first-order valence-corrected chi connectivity index (χ1v) is 8.62. The van der Waals surface area contributed by atoms with Crippen LogP contribution in [-0.4, -0.2) is 29.3 Å². The molecule has 0 aromatic carbocycles. The molecule has 2 aliphatic rings. The molecule has 132 valence electrons. The zero-order valence-corrected chi connectivity index (χ0v) is 15.0. The summed E-state index contributed by atoms with van der Waals surface area (Å²) in [5.41, 5.74) is 8.45. The van der Waals surface area contributed by atoms with Crippen molar-refractivity contribution >= 4 is 17.6 Å². The molecule has 2 unspecified atom stereocenters. The predicted octanol–water partition coefficient (Wildman–Crippen LogP) is 4.66. The van der Waals surface area contributed by atoms with E-state index < -0.39 is 17.4 Å². The van der Waals surface area contributed by atoms with Crippen molar-refractivity contribution in [1.82, 2.24) is 0 Å². The van der Waals surface area contributed by atoms with E-state index in [9.17, 15) is 9.90 Å². The van der Waals surface area contributed by atoms with Crippen molar-refractivity contribution in [2.45, 2.75) is 58.3 Å². The quantitative estimate of drug-likeness (QED) is 0.442. The Hall–Kier alpha value is -1.49. The average molecular weight is 354 g/mol. The van der Waals surface area contributed by atoms with E-state index in [-0.39, 0.29) is 24.0 Å². The van der Waals surface area contributed by atoms with Gasteiger partial charge in [-0.15, -0.1) is 0 Å². The lowest BCUT2D eigenvalue weighted by atomic mass is 9.62. The number of hydrogen-bond acceptors (Lipinski definition) is 3. The first-order chi connectivity index (χ1) is 11.3. The van der Waals surface area contributed by atoms with Crippen molar-refractivity contribution in [1.29, 1.82) is 0 Å². The number of allylic oxidation sites excluding steroid dienone is 4. The Morgan fingerprint density at radius 1 is 1.50 bits per heavy atom. The molecule has 7 heteroatoms. The van der Waals surface area contributed by atoms with Crippen LogP contribution in [0.15, 0.2) is 28.4 Å². The Morgan fingerprint density at radius 2 is 2.12 bits per heavy atom. The fourth-order valence-electron chi connectivity index (χ4n) is 4.21. The molecule has 6 atom stereocenters. The maximum Gasteiger partial charge on any atom is 0.312 e. The lowest BCUT2D eigenvalue weighted by molar-refractivity contribution is -0.144. The largest absolute Gasteiger partial charge is 0.481 e. The highest BCUT2D eigenvalue weighted by molar-refractivity contribution is 6.31. The molecule has 0 spiro atoms. The van der Waals surface area contributed by atoms with E-state index in [2.05, 4.69) is 10.0 Å². The van der Waals surface area contributed by atoms with Crippen molar-refractivity contribution in [3.63, 3.8) is 0 Å². The summed E-state index contributed by atoms with van der Waals surface area (Å²) in [4.78, 5) is 14.6. The third-order valence-corrected chi connectivity index (χ3v) is 5.41. The molecular formula is C17H24ClN3O3. The highest BCUT2D eigenvalue weighted by atomic mass is 35.5. The van der Waals surface area contributed by atoms with Crippen LogP contribution in [0.1, 0.15) is 40.0 Å². The lowest BCUT2D eigenvalue weighted by Crippen LogP contribution is -2.47. The number of ether oxygens (including phenoxy) is 1. The molecule has 1 N–H and O–H groups in total. The van der Waals surface area contributed by atoms with Gasteiger partial charge in [0, 0.05) is 9.94 Å². The monoisotopic (exact) mass is 353 g/mol. The molecular weight excluding hydrogens is 330 g/mol. The van der Waals surface area contributed by atoms with Crippen molar-refractivity contribution in [2.75, 3.05) is 0 Å². The Kier molecular flexibility index (Phi) is 5.97. The van der Waals surface area contributed by atoms with Crippen molar-refractivity contribution < 1.29 is 14.6 Å². The average Bonchev–Trinajstić information content (AvgIpc) is 2.49. The Morgan fingerprint density at radius 3 is 2.58 bits per heavy atom. The van der Waals surface area contributed by atoms with Gasteiger partial charge in [0.1, 0.15) is 6.04 Å². The van der Waals surface area contributed by atoms with Crippen LogP contribution in [0.3, 0.4) is 0 Å². The molecule has 0 radical (unpaired) electrons. The maximum atomic E-state index is 11.8. The van der Waals surface area contributed by atoms with Gasteiger partial charge < -0.3 is 9.84 Å². The van der Waals surface area contributed by atoms with Gasteiger partial charge in [0.25, 0.3) is 0 Å². The van der Waals surface area contributed by atoms with Gasteiger partial charge in [0.15, 0.2) is 0 Å². The number of azide groups is 1. The molecule has 1 aliphatic heterocycles. The molecule has 1 saturated heterocycles. The summed E-state index contributed by atoms with van der Waals surface area (Å²) in [5.74, 6) is -1.31. The smallest absolute Gasteiger partial charge is 0.312 e. The minimum absolute atomic E-state index is 0.0528. The second-order valence-corrected chi connectivity index (χ2v) is 7.57. The van der Waals surface area contributed by atoms with Gasteiger partial charge in [0.2, 0.25) is 0 Å². The van der Waals surface area contributed by atoms with Crippen LogP contribution in [-0.2, 0) is 9.53 Å². The summed E-state index contributed by atoms with van der Waals surface area (Å²) < 4.78 is 5.80. The summed E-state index contributed by atoms with van der Waals surface area (Å²) in [6, 6.07) is -1.11. The molecule has 1 aliphatic carbocycles. The SMILES string of the molecule is C[C@@H]1CC([C@@H]([C@H](N=[N+]=[N-])C(=O)O)C2(C)C=CC(Cl)=CC2)C[C@H](C)O1. The van der Waals surface area contributed by atoms with Gasteiger partial charge in [-0.05, 0) is 62.0 Å². The van der Waals surface area contributed by atoms with Crippen LogP contribution in [0.2, 0.25) is 0 Å². The molecule has 0 aromatic heterocycles. The molecule has 0 bridgehead atoms. The normalized spacial score (nSPS) is 35.5. The first-order valence-electron chi connectivity index (χ1n) is 8.24. The van der Waals surface area contributed by atoms with Crippen molar-refractivity contribution in [2.24, 2.45) is 22.4 Å². The molecule has 0 amide bonds. The zero-order chi connectivity index (χ0) is 17.9. The van der Waals surface area contributed by atoms with E-state index >= 15 is 0 Å². The van der Waals surface area contributed by atoms with Crippen LogP contribution in [0.4, 0.5) is 0 Å². The molecule has 1 heterocycles. The van der Waals surface area contributed by atoms with Crippen LogP contribution in [0.25, 0.3) is 10.4 Å². The Labute approximate surface area is 147 Å². The minimum atomic E-state index is -1.11. The standard InChI is InChI=1S/C17H24ClN3O3/c1-10-8-12(9-11(2)24-10)14(15(16(22)23)20-21-19)17(3)6-4-13(18)5-7-17/h4-6,10-12,14-15H,7-9H2,1-3H3,(H,22,23)/t10-,11+,12?,14-,15-,17?/m0/s1. The van der Waals surface area contributed by atoms with Gasteiger partial charge in [-0.3, -0.25) is 4.79 Å². The van der Waals surface area contributed by atoms with Crippen molar-refractivity contribution in [3.05, 3.63) is 33.7 Å². The second-order valence-electron chi connectivity index (χ2n) is 7.13. The van der Waals surface area contributed by atoms with Gasteiger partial charge in [-0.25, -0.2) is 0 Å². The summed E-state index contributed by atoms with van der Waals surface area (Å²) in [5, 5.41) is 14.0. The number of carboxylic acids is 1. The second kappa shape index (κ2) is 7.60. The van der Waals surface area contributed by atoms with E-state index in [0.29, 0.717) is 11.5 Å². The van der Waals surface area contributed by atoms with Gasteiger partial charge in [-0.2, -0.15) is 0 Å². The Balaban J connectivity index is 2.43. The van der Waals surface area contributed by atoms with E-state index in [0.717, 1.165) is 12.8 Å². The van der Waals surface area contributed by atoms with Crippen LogP contribution in [0, 0.1) is 17.3 Å². The lowest BCUT2D eigenvalue weighted by Gasteiger charge is -2.46. The molecule has 24 heavy (non-hydrogen) atoms. The molecule has 0 aromatic rings. The third-order valence-electron chi connectivity index (χ3n) is 5.13. The fourth-order valence-corrected chi connectivity index (χ4v) is 4.35. The summed E-state index contributed by atoms with van der Waals surface area (Å²) in [7, 11) is 0. The summed E-state index contributed by atoms with van der Waals surface area (Å²) >= 11 is 6.04. The number of carbonyl (C=O) groups is 1. The topological polar surface area (TPSA) is 95.3 Å². The minimum Gasteiger partial charge on any atom is -0.481 e. The van der Waals surface area contributed by atoms with Gasteiger partial charge >= 0.3 is 5.97 Å². The highest BCUT2D eigenvalue weighted by Crippen LogP contribution is 2.48. The van der Waals surface area contributed by atoms with E-state index in [1.165, 1.54) is 0 Å². The van der Waals surface area contributed by atoms with Crippen molar-refractivity contribution in [3.8, 4) is 0 Å². The van der Waals surface area contributed by atoms with Gasteiger partial charge in [-0.1, -0.05) is 35.8 Å². The van der Waals surface area contributed by atoms with E-state index in [1.807, 2.05) is 32.9 Å². The van der Waals surface area contributed by atoms with E-state index in [4.69, 9.17) is 21.9 Å². The molecule has 0 saturated carbocycles. The number of nitrogens with zero attached hydrogens (tertiary/aromatic N) is 3. The fraction of sp³-hybridized carbons (Fsp3) is 0.706. The van der Waals surface area contributed by atoms with Gasteiger partial charge in [0.05, 0.1) is 12.2 Å². The molecule has 1 fully saturated rings. The predicted molar refractivity (Wildman–Crippen MR) is 92.6 cm³/mol. The molecule has 6 nitrogen and oxygen atoms in total. The first kappa shape index (κ1) is 18.8. The number of hydrogen-bond donors (Lipinski definition) is 1. The summed E-state index contributed by atoms with van der Waals surface area (Å²) in [6.45, 7) is 6.01. The van der Waals surface area contributed by atoms with Crippen LogP contribution >= 0.6 is 11.6 Å². The van der Waals surface area contributed by atoms with Crippen LogP contribution in [0.5, 0.6) is 0 Å². The third kappa shape index (κ3) is 4.12. The number of aliphatic carboxylic acids is 1. The van der Waals surface area contributed by atoms with Crippen LogP contribution < -0.4 is 0 Å². The number of carboxylic acid groups (broad SMARTS) is 1. The zero-order valence-electron chi connectivity index (χ0n) is 14.2. The number of rotatable bonds is 5. The number of halogens is 1. The Bertz CT molecular complexity index is 588. The highest BCUT2D eigenvalue weighted by Gasteiger charge is 2.47. The summed E-state index contributed by atoms with van der Waals surface area (Å²) in [6.07, 6.45) is 7.90.